The van der Waals surface area contributed by atoms with Crippen LogP contribution in [-0.4, -0.2) is 15.3 Å². The van der Waals surface area contributed by atoms with Gasteiger partial charge in [0.15, 0.2) is 10.7 Å². The van der Waals surface area contributed by atoms with Crippen LogP contribution in [0.3, 0.4) is 0 Å². The second-order valence-corrected chi connectivity index (χ2v) is 8.34. The van der Waals surface area contributed by atoms with Gasteiger partial charge in [-0.1, -0.05) is 60.2 Å². The molecule has 0 bridgehead atoms. The summed E-state index contributed by atoms with van der Waals surface area (Å²) in [5.74, 6) is 1.21. The summed E-state index contributed by atoms with van der Waals surface area (Å²) in [6, 6.07) is 25.2. The summed E-state index contributed by atoms with van der Waals surface area (Å²) in [5, 5.41) is 4.96. The lowest BCUT2D eigenvalue weighted by Crippen LogP contribution is -2.15. The first-order valence-electron chi connectivity index (χ1n) is 10.3. The van der Waals surface area contributed by atoms with Gasteiger partial charge < -0.3 is 10.1 Å². The van der Waals surface area contributed by atoms with E-state index in [1.54, 1.807) is 0 Å². The number of para-hydroxylation sites is 3. The van der Waals surface area contributed by atoms with Gasteiger partial charge in [-0.3, -0.25) is 9.20 Å². The molecule has 0 radical (unpaired) electrons. The molecule has 0 aliphatic rings. The molecule has 5 aromatic rings. The number of fused-ring (bicyclic) bond motifs is 1. The fourth-order valence-corrected chi connectivity index (χ4v) is 4.33. The summed E-state index contributed by atoms with van der Waals surface area (Å²) in [7, 11) is 0. The molecule has 158 valence electrons. The molecule has 5 rings (SSSR count). The number of nitrogens with zero attached hydrogens (tertiary/aromatic N) is 2. The van der Waals surface area contributed by atoms with E-state index in [0.29, 0.717) is 11.4 Å². The number of carbonyl (C=O) groups is 1. The topological polar surface area (TPSA) is 55.6 Å². The minimum Gasteiger partial charge on any atom is -0.455 e. The number of thiazole rings is 1. The Labute approximate surface area is 190 Å². The van der Waals surface area contributed by atoms with Gasteiger partial charge >= 0.3 is 0 Å². The maximum Gasteiger partial charge on any atom is 0.230 e. The number of hydrogen-bond acceptors (Lipinski definition) is 4. The van der Waals surface area contributed by atoms with E-state index in [9.17, 15) is 4.79 Å². The smallest absolute Gasteiger partial charge is 0.230 e. The van der Waals surface area contributed by atoms with Gasteiger partial charge in [-0.05, 0) is 31.2 Å². The number of benzene rings is 3. The number of rotatable bonds is 6. The minimum atomic E-state index is -0.112. The summed E-state index contributed by atoms with van der Waals surface area (Å²) in [6.45, 7) is 2.06. The lowest BCUT2D eigenvalue weighted by Gasteiger charge is -2.12. The summed E-state index contributed by atoms with van der Waals surface area (Å²) in [6.07, 6.45) is 2.23. The third kappa shape index (κ3) is 4.26. The number of aryl methyl sites for hydroxylation is 1. The Kier molecular flexibility index (Phi) is 5.44. The molecule has 2 aromatic heterocycles. The van der Waals surface area contributed by atoms with Gasteiger partial charge in [-0.15, -0.1) is 11.3 Å². The summed E-state index contributed by atoms with van der Waals surface area (Å²) < 4.78 is 7.94. The van der Waals surface area contributed by atoms with E-state index in [2.05, 4.69) is 36.5 Å². The lowest BCUT2D eigenvalue weighted by molar-refractivity contribution is -0.115. The van der Waals surface area contributed by atoms with Gasteiger partial charge in [0.05, 0.1) is 17.8 Å². The number of anilines is 1. The van der Waals surface area contributed by atoms with Gasteiger partial charge in [-0.2, -0.15) is 0 Å². The van der Waals surface area contributed by atoms with Crippen LogP contribution in [-0.2, 0) is 11.2 Å². The molecule has 0 unspecified atom stereocenters. The average molecular weight is 440 g/mol. The van der Waals surface area contributed by atoms with Crippen molar-refractivity contribution in [2.24, 2.45) is 0 Å². The minimum absolute atomic E-state index is 0.112. The molecule has 1 N–H and O–H groups in total. The first-order valence-corrected chi connectivity index (χ1v) is 11.2. The molecular formula is C26H21N3O2S. The molecule has 0 aliphatic carbocycles. The van der Waals surface area contributed by atoms with Crippen molar-refractivity contribution in [2.45, 2.75) is 13.3 Å². The van der Waals surface area contributed by atoms with Gasteiger partial charge in [0.1, 0.15) is 5.75 Å². The molecule has 0 saturated heterocycles. The first-order chi connectivity index (χ1) is 15.7. The van der Waals surface area contributed by atoms with Crippen molar-refractivity contribution in [3.05, 3.63) is 102 Å². The normalized spacial score (nSPS) is 10.9. The molecule has 0 aliphatic heterocycles. The SMILES string of the molecule is Cc1ccc(-c2cn3c(CC(=O)Nc4ccccc4Oc4ccccc4)csc3n2)cc1. The second kappa shape index (κ2) is 8.69. The van der Waals surface area contributed by atoms with E-state index < -0.39 is 0 Å². The van der Waals surface area contributed by atoms with Gasteiger partial charge in [0.25, 0.3) is 0 Å². The highest BCUT2D eigenvalue weighted by Crippen LogP contribution is 2.29. The van der Waals surface area contributed by atoms with Crippen LogP contribution >= 0.6 is 11.3 Å². The molecule has 0 atom stereocenters. The number of hydrogen-bond donors (Lipinski definition) is 1. The maximum atomic E-state index is 12.8. The largest absolute Gasteiger partial charge is 0.455 e. The third-order valence-electron chi connectivity index (χ3n) is 5.10. The van der Waals surface area contributed by atoms with Crippen molar-refractivity contribution in [2.75, 3.05) is 5.32 Å². The highest BCUT2D eigenvalue weighted by atomic mass is 32.1. The van der Waals surface area contributed by atoms with Crippen molar-refractivity contribution in [1.29, 1.82) is 0 Å². The number of imidazole rings is 1. The van der Waals surface area contributed by atoms with Gasteiger partial charge in [0, 0.05) is 22.8 Å². The predicted molar refractivity (Wildman–Crippen MR) is 129 cm³/mol. The number of ether oxygens (including phenoxy) is 1. The molecule has 0 saturated carbocycles. The zero-order chi connectivity index (χ0) is 21.9. The van der Waals surface area contributed by atoms with Crippen LogP contribution in [0, 0.1) is 6.92 Å². The maximum absolute atomic E-state index is 12.8. The molecule has 0 spiro atoms. The fourth-order valence-electron chi connectivity index (χ4n) is 3.45. The van der Waals surface area contributed by atoms with E-state index in [4.69, 9.17) is 9.72 Å². The van der Waals surface area contributed by atoms with Crippen molar-refractivity contribution in [1.82, 2.24) is 9.38 Å². The number of amides is 1. The van der Waals surface area contributed by atoms with Crippen molar-refractivity contribution in [3.63, 3.8) is 0 Å². The highest BCUT2D eigenvalue weighted by molar-refractivity contribution is 7.15. The Hall–Kier alpha value is -3.90. The molecule has 0 fully saturated rings. The zero-order valence-electron chi connectivity index (χ0n) is 17.5. The van der Waals surface area contributed by atoms with Crippen LogP contribution in [0.25, 0.3) is 16.2 Å². The quantitative estimate of drug-likeness (QED) is 0.336. The second-order valence-electron chi connectivity index (χ2n) is 7.51. The van der Waals surface area contributed by atoms with E-state index in [-0.39, 0.29) is 12.3 Å². The third-order valence-corrected chi connectivity index (χ3v) is 5.99. The summed E-state index contributed by atoms with van der Waals surface area (Å²) in [4.78, 5) is 18.4. The Morgan fingerprint density at radius 2 is 1.75 bits per heavy atom. The molecule has 6 heteroatoms. The molecule has 5 nitrogen and oxygen atoms in total. The van der Waals surface area contributed by atoms with Crippen LogP contribution in [0.15, 0.2) is 90.4 Å². The zero-order valence-corrected chi connectivity index (χ0v) is 18.3. The molecular weight excluding hydrogens is 418 g/mol. The van der Waals surface area contributed by atoms with Gasteiger partial charge in [0.2, 0.25) is 5.91 Å². The van der Waals surface area contributed by atoms with E-state index >= 15 is 0 Å². The lowest BCUT2D eigenvalue weighted by atomic mass is 10.1. The van der Waals surface area contributed by atoms with Gasteiger partial charge in [-0.25, -0.2) is 4.98 Å². The van der Waals surface area contributed by atoms with Crippen molar-refractivity contribution >= 4 is 27.9 Å². The Bertz CT molecular complexity index is 1370. The van der Waals surface area contributed by atoms with Crippen LogP contribution < -0.4 is 10.1 Å². The number of carbonyl (C=O) groups excluding carboxylic acids is 1. The molecule has 1 amide bonds. The summed E-state index contributed by atoms with van der Waals surface area (Å²) >= 11 is 1.53. The van der Waals surface area contributed by atoms with Crippen molar-refractivity contribution < 1.29 is 9.53 Å². The van der Waals surface area contributed by atoms with Crippen LogP contribution in [0.1, 0.15) is 11.3 Å². The standard InChI is InChI=1S/C26H21N3O2S/c1-18-11-13-19(14-12-18)23-16-29-20(17-32-26(29)28-23)15-25(30)27-22-9-5-6-10-24(22)31-21-7-3-2-4-8-21/h2-14,16-17H,15H2,1H3,(H,27,30). The summed E-state index contributed by atoms with van der Waals surface area (Å²) in [5.41, 5.74) is 4.71. The Morgan fingerprint density at radius 1 is 1.00 bits per heavy atom. The molecule has 2 heterocycles. The van der Waals surface area contributed by atoms with Crippen LogP contribution in [0.4, 0.5) is 5.69 Å². The molecule has 32 heavy (non-hydrogen) atoms. The Balaban J connectivity index is 1.33. The van der Waals surface area contributed by atoms with E-state index in [1.165, 1.54) is 16.9 Å². The van der Waals surface area contributed by atoms with E-state index in [1.807, 2.05) is 70.6 Å². The van der Waals surface area contributed by atoms with E-state index in [0.717, 1.165) is 27.7 Å². The number of nitrogens with one attached hydrogen (secondary N) is 1. The predicted octanol–water partition coefficient (Wildman–Crippen LogP) is 6.34. The van der Waals surface area contributed by atoms with Crippen LogP contribution in [0.5, 0.6) is 11.5 Å². The highest BCUT2D eigenvalue weighted by Gasteiger charge is 2.14. The number of aromatic nitrogens is 2. The Morgan fingerprint density at radius 3 is 2.56 bits per heavy atom. The first kappa shape index (κ1) is 20.0. The average Bonchev–Trinajstić information content (AvgIpc) is 3.38. The fraction of sp³-hybridized carbons (Fsp3) is 0.0769. The van der Waals surface area contributed by atoms with Crippen LogP contribution in [0.2, 0.25) is 0 Å². The molecule has 3 aromatic carbocycles. The monoisotopic (exact) mass is 439 g/mol. The van der Waals surface area contributed by atoms with Crippen molar-refractivity contribution in [3.8, 4) is 22.8 Å².